The smallest absolute Gasteiger partial charge is 0.316 e. The van der Waals surface area contributed by atoms with Gasteiger partial charge >= 0.3 is 6.03 Å². The van der Waals surface area contributed by atoms with E-state index in [1.54, 1.807) is 18.2 Å². The van der Waals surface area contributed by atoms with E-state index in [1.807, 2.05) is 12.1 Å². The van der Waals surface area contributed by atoms with Gasteiger partial charge in [0.15, 0.2) is 6.61 Å². The molecule has 0 saturated carbocycles. The van der Waals surface area contributed by atoms with E-state index in [4.69, 9.17) is 22.1 Å². The van der Waals surface area contributed by atoms with E-state index >= 15 is 0 Å². The first kappa shape index (κ1) is 22.9. The average molecular weight is 522 g/mol. The number of nitrogens with one attached hydrogen (secondary N) is 2. The summed E-state index contributed by atoms with van der Waals surface area (Å²) < 4.78 is 6.41. The number of fused-ring (bicyclic) bond motifs is 2. The predicted molar refractivity (Wildman–Crippen MR) is 128 cm³/mol. The van der Waals surface area contributed by atoms with Gasteiger partial charge in [-0.1, -0.05) is 39.7 Å². The highest BCUT2D eigenvalue weighted by atomic mass is 79.9. The van der Waals surface area contributed by atoms with Crippen LogP contribution in [-0.2, 0) is 11.3 Å². The Kier molecular flexibility index (Phi) is 7.23. The largest absolute Gasteiger partial charge is 0.482 e. The minimum absolute atomic E-state index is 0.130. The maximum Gasteiger partial charge on any atom is 0.316 e. The number of nitrogens with zero attached hydrogens (tertiary/aromatic N) is 1. The van der Waals surface area contributed by atoms with Crippen LogP contribution in [0.1, 0.15) is 31.2 Å². The van der Waals surface area contributed by atoms with Crippen LogP contribution in [0.25, 0.3) is 0 Å². The zero-order valence-corrected chi connectivity index (χ0v) is 19.9. The van der Waals surface area contributed by atoms with Crippen LogP contribution in [-0.4, -0.2) is 41.6 Å². The first-order valence-electron chi connectivity index (χ1n) is 10.7. The topological polar surface area (TPSA) is 96.7 Å². The summed E-state index contributed by atoms with van der Waals surface area (Å²) in [6.07, 6.45) is 4.18. The monoisotopic (exact) mass is 520 g/mol. The fourth-order valence-corrected chi connectivity index (χ4v) is 5.21. The molecule has 0 aliphatic carbocycles. The van der Waals surface area contributed by atoms with Crippen molar-refractivity contribution in [2.45, 2.75) is 50.4 Å². The Morgan fingerprint density at radius 1 is 1.12 bits per heavy atom. The molecule has 2 bridgehead atoms. The summed E-state index contributed by atoms with van der Waals surface area (Å²) in [5.74, 6) is 0.216. The molecule has 4 rings (SSSR count). The Hall–Kier alpha value is -2.29. The van der Waals surface area contributed by atoms with Gasteiger partial charge in [-0.3, -0.25) is 9.69 Å². The molecule has 2 heterocycles. The zero-order valence-electron chi connectivity index (χ0n) is 17.5. The second kappa shape index (κ2) is 10.1. The van der Waals surface area contributed by atoms with Crippen molar-refractivity contribution in [2.24, 2.45) is 5.73 Å². The zero-order chi connectivity index (χ0) is 22.7. The number of nitrogens with two attached hydrogens (primary N) is 1. The van der Waals surface area contributed by atoms with E-state index < -0.39 is 6.03 Å². The molecule has 2 saturated heterocycles. The number of carbonyl (C=O) groups is 2. The number of carbonyl (C=O) groups excluding carboxylic acids is 2. The highest BCUT2D eigenvalue weighted by Crippen LogP contribution is 2.37. The number of hydrogen-bond donors (Lipinski definition) is 3. The number of hydrogen-bond acceptors (Lipinski definition) is 4. The first-order valence-corrected chi connectivity index (χ1v) is 11.8. The van der Waals surface area contributed by atoms with Crippen LogP contribution in [0.2, 0.25) is 5.02 Å². The summed E-state index contributed by atoms with van der Waals surface area (Å²) in [5.41, 5.74) is 6.88. The lowest BCUT2D eigenvalue weighted by molar-refractivity contribution is -0.124. The van der Waals surface area contributed by atoms with Crippen LogP contribution in [0.15, 0.2) is 46.9 Å². The molecule has 2 aromatic carbocycles. The Bertz CT molecular complexity index is 974. The lowest BCUT2D eigenvalue weighted by Crippen LogP contribution is -2.50. The molecule has 32 heavy (non-hydrogen) atoms. The van der Waals surface area contributed by atoms with Gasteiger partial charge in [-0.15, -0.1) is 0 Å². The summed E-state index contributed by atoms with van der Waals surface area (Å²) in [6, 6.07) is 13.5. The SMILES string of the molecule is NC(=O)Nc1cc(Br)ccc1OCC(=O)N[C@H]1C[C@H]2CC[C@@H](C1)N2Cc1ccc(Cl)cc1. The Balaban J connectivity index is 1.29. The number of rotatable bonds is 7. The molecule has 170 valence electrons. The molecular formula is C23H26BrClN4O3. The van der Waals surface area contributed by atoms with Crippen molar-refractivity contribution in [3.05, 3.63) is 57.5 Å². The van der Waals surface area contributed by atoms with E-state index in [0.29, 0.717) is 23.5 Å². The van der Waals surface area contributed by atoms with Crippen LogP contribution in [0.4, 0.5) is 10.5 Å². The van der Waals surface area contributed by atoms with Gasteiger partial charge in [0.1, 0.15) is 5.75 Å². The van der Waals surface area contributed by atoms with E-state index in [0.717, 1.165) is 41.7 Å². The minimum Gasteiger partial charge on any atom is -0.482 e. The molecule has 3 atom stereocenters. The summed E-state index contributed by atoms with van der Waals surface area (Å²) in [4.78, 5) is 26.3. The standard InChI is InChI=1S/C23H26BrClN4O3/c24-15-3-8-21(20(9-15)28-23(26)31)32-13-22(30)27-17-10-18-6-7-19(11-17)29(18)12-14-1-4-16(25)5-2-14/h1-5,8-9,17-19H,6-7,10-13H2,(H,27,30)(H3,26,28,31)/t17-,18+,19-. The van der Waals surface area contributed by atoms with E-state index in [1.165, 1.54) is 5.56 Å². The second-order valence-electron chi connectivity index (χ2n) is 8.34. The van der Waals surface area contributed by atoms with Crippen LogP contribution < -0.4 is 21.1 Å². The van der Waals surface area contributed by atoms with Crippen molar-refractivity contribution < 1.29 is 14.3 Å². The van der Waals surface area contributed by atoms with Gasteiger partial charge in [0.25, 0.3) is 5.91 Å². The quantitative estimate of drug-likeness (QED) is 0.507. The van der Waals surface area contributed by atoms with Crippen LogP contribution >= 0.6 is 27.5 Å². The fraction of sp³-hybridized carbons (Fsp3) is 0.391. The van der Waals surface area contributed by atoms with E-state index in [2.05, 4.69) is 43.6 Å². The average Bonchev–Trinajstić information content (AvgIpc) is 2.96. The number of urea groups is 1. The molecule has 2 aliphatic rings. The number of benzene rings is 2. The number of primary amides is 1. The van der Waals surface area contributed by atoms with Crippen molar-refractivity contribution in [1.29, 1.82) is 0 Å². The van der Waals surface area contributed by atoms with Crippen LogP contribution in [0.3, 0.4) is 0 Å². The normalized spacial score (nSPS) is 22.4. The summed E-state index contributed by atoms with van der Waals surface area (Å²) in [7, 11) is 0. The molecule has 9 heteroatoms. The maximum absolute atomic E-state index is 12.5. The number of piperidine rings is 1. The third kappa shape index (κ3) is 5.74. The molecule has 2 fully saturated rings. The molecule has 0 spiro atoms. The summed E-state index contributed by atoms with van der Waals surface area (Å²) >= 11 is 9.34. The third-order valence-electron chi connectivity index (χ3n) is 6.09. The molecular weight excluding hydrogens is 496 g/mol. The summed E-state index contributed by atoms with van der Waals surface area (Å²) in [6.45, 7) is 0.783. The van der Waals surface area contributed by atoms with Crippen molar-refractivity contribution in [2.75, 3.05) is 11.9 Å². The van der Waals surface area contributed by atoms with Gasteiger partial charge in [0, 0.05) is 34.2 Å². The lowest BCUT2D eigenvalue weighted by Gasteiger charge is -2.39. The van der Waals surface area contributed by atoms with Crippen molar-refractivity contribution >= 4 is 45.2 Å². The second-order valence-corrected chi connectivity index (χ2v) is 9.69. The van der Waals surface area contributed by atoms with Crippen molar-refractivity contribution in [3.8, 4) is 5.75 Å². The molecule has 2 aromatic rings. The predicted octanol–water partition coefficient (Wildman–Crippen LogP) is 4.28. The van der Waals surface area contributed by atoms with Gasteiger partial charge in [-0.05, 0) is 61.6 Å². The number of ether oxygens (including phenoxy) is 1. The molecule has 2 aliphatic heterocycles. The van der Waals surface area contributed by atoms with E-state index in [9.17, 15) is 9.59 Å². The third-order valence-corrected chi connectivity index (χ3v) is 6.83. The van der Waals surface area contributed by atoms with Gasteiger partial charge in [0.05, 0.1) is 5.69 Å². The van der Waals surface area contributed by atoms with Crippen LogP contribution in [0.5, 0.6) is 5.75 Å². The minimum atomic E-state index is -0.696. The van der Waals surface area contributed by atoms with Crippen LogP contribution in [0, 0.1) is 0 Å². The Labute approximate surface area is 200 Å². The first-order chi connectivity index (χ1) is 15.4. The van der Waals surface area contributed by atoms with E-state index in [-0.39, 0.29) is 18.6 Å². The summed E-state index contributed by atoms with van der Waals surface area (Å²) in [5, 5.41) is 6.38. The molecule has 7 nitrogen and oxygen atoms in total. The Morgan fingerprint density at radius 3 is 2.47 bits per heavy atom. The number of amides is 3. The maximum atomic E-state index is 12.5. The highest BCUT2D eigenvalue weighted by Gasteiger charge is 2.40. The highest BCUT2D eigenvalue weighted by molar-refractivity contribution is 9.10. The molecule has 0 unspecified atom stereocenters. The molecule has 4 N–H and O–H groups in total. The van der Waals surface area contributed by atoms with Crippen molar-refractivity contribution in [1.82, 2.24) is 10.2 Å². The lowest BCUT2D eigenvalue weighted by atomic mass is 9.96. The number of halogens is 2. The van der Waals surface area contributed by atoms with Gasteiger partial charge in [-0.2, -0.15) is 0 Å². The molecule has 0 aromatic heterocycles. The van der Waals surface area contributed by atoms with Gasteiger partial charge in [-0.25, -0.2) is 4.79 Å². The molecule has 3 amide bonds. The van der Waals surface area contributed by atoms with Gasteiger partial charge < -0.3 is 21.1 Å². The fourth-order valence-electron chi connectivity index (χ4n) is 4.72. The number of anilines is 1. The van der Waals surface area contributed by atoms with Gasteiger partial charge in [0.2, 0.25) is 0 Å². The van der Waals surface area contributed by atoms with Crippen molar-refractivity contribution in [3.63, 3.8) is 0 Å². The Morgan fingerprint density at radius 2 is 1.81 bits per heavy atom. The molecule has 0 radical (unpaired) electrons.